The van der Waals surface area contributed by atoms with Crippen LogP contribution in [0.5, 0.6) is 5.75 Å². The van der Waals surface area contributed by atoms with Crippen LogP contribution < -0.4 is 0 Å². The molecule has 1 aromatic rings. The Bertz CT molecular complexity index is 1290. The number of phenols is 1. The predicted molar refractivity (Wildman–Crippen MR) is 189 cm³/mol. The van der Waals surface area contributed by atoms with Gasteiger partial charge >= 0.3 is 0 Å². The van der Waals surface area contributed by atoms with E-state index in [1.54, 1.807) is 0 Å². The summed E-state index contributed by atoms with van der Waals surface area (Å²) in [4.78, 5) is 1.15. The van der Waals surface area contributed by atoms with Gasteiger partial charge in [-0.05, 0) is 40.3 Å². The van der Waals surface area contributed by atoms with Crippen LogP contribution in [0.4, 0.5) is 0 Å². The molecule has 3 rings (SSSR count). The smallest absolute Gasteiger partial charge is 0.187 e. The zero-order valence-electron chi connectivity index (χ0n) is 29.4. The fourth-order valence-corrected chi connectivity index (χ4v) is 6.86. The molecule has 17 unspecified atom stereocenters. The van der Waals surface area contributed by atoms with Crippen molar-refractivity contribution in [3.63, 3.8) is 0 Å². The van der Waals surface area contributed by atoms with Gasteiger partial charge in [0.15, 0.2) is 12.6 Å². The van der Waals surface area contributed by atoms with E-state index in [4.69, 9.17) is 18.9 Å². The molecule has 2 heterocycles. The monoisotopic (exact) mass is 913 g/mol. The predicted octanol–water partition coefficient (Wildman–Crippen LogP) is -8.46. The molecule has 1 aromatic carbocycles. The van der Waals surface area contributed by atoms with Gasteiger partial charge in [-0.2, -0.15) is 0 Å². The summed E-state index contributed by atoms with van der Waals surface area (Å²) in [5.41, 5.74) is -2.39. The maximum atomic E-state index is 11.9. The summed E-state index contributed by atoms with van der Waals surface area (Å²) in [6.07, 6.45) is -27.1. The van der Waals surface area contributed by atoms with Gasteiger partial charge in [0.1, 0.15) is 78.5 Å². The first-order valence-corrected chi connectivity index (χ1v) is 18.3. The third kappa shape index (κ3) is 12.0. The SMILES string of the molecule is OCC(O)C(CN(CC(O)C(O)COC1OC(CO)C(O)C(O)C1O)CC(O)(CO)C(OC1OC(CO)C(O)C(O)C1O)C(O)CO)c1ccc(O)c([125I])c1. The van der Waals surface area contributed by atoms with Crippen LogP contribution >= 0.6 is 22.6 Å². The Hall–Kier alpha value is -1.09. The van der Waals surface area contributed by atoms with E-state index in [9.17, 15) is 86.8 Å². The van der Waals surface area contributed by atoms with E-state index in [-0.39, 0.29) is 5.75 Å². The number of hydrogen-bond donors (Lipinski definition) is 17. The topological polar surface area (TPSA) is 384 Å². The average Bonchev–Trinajstić information content (AvgIpc) is 3.17. The number of rotatable bonds is 21. The lowest BCUT2D eigenvalue weighted by molar-refractivity contribution is -0.335. The maximum absolute atomic E-state index is 11.9. The molecule has 0 saturated carbocycles. The lowest BCUT2D eigenvalue weighted by Gasteiger charge is -2.46. The summed E-state index contributed by atoms with van der Waals surface area (Å²) in [7, 11) is 0. The first kappa shape index (κ1) is 48.3. The van der Waals surface area contributed by atoms with Crippen molar-refractivity contribution in [2.75, 3.05) is 59.3 Å². The van der Waals surface area contributed by atoms with Gasteiger partial charge in [-0.3, -0.25) is 4.90 Å². The van der Waals surface area contributed by atoms with Crippen LogP contribution in [0.25, 0.3) is 0 Å². The van der Waals surface area contributed by atoms with Gasteiger partial charge in [0.25, 0.3) is 0 Å². The zero-order chi connectivity index (χ0) is 41.4. The first-order valence-electron chi connectivity index (χ1n) is 17.2. The Morgan fingerprint density at radius 3 is 1.76 bits per heavy atom. The molecule has 0 radical (unpaired) electrons. The number of aromatic hydroxyl groups is 1. The first-order chi connectivity index (χ1) is 25.9. The fraction of sp³-hybridized carbons (Fsp3) is 0.812. The summed E-state index contributed by atoms with van der Waals surface area (Å²) in [6.45, 7) is -7.63. The van der Waals surface area contributed by atoms with Gasteiger partial charge < -0.3 is 106 Å². The molecule has 55 heavy (non-hydrogen) atoms. The number of benzene rings is 1. The van der Waals surface area contributed by atoms with Crippen LogP contribution in [0.15, 0.2) is 18.2 Å². The summed E-state index contributed by atoms with van der Waals surface area (Å²) in [5, 5.41) is 177. The molecule has 17 atom stereocenters. The van der Waals surface area contributed by atoms with E-state index < -0.39 is 163 Å². The van der Waals surface area contributed by atoms with Crippen molar-refractivity contribution in [2.24, 2.45) is 0 Å². The van der Waals surface area contributed by atoms with Gasteiger partial charge in [0.2, 0.25) is 0 Å². The van der Waals surface area contributed by atoms with Crippen molar-refractivity contribution in [2.45, 2.75) is 103 Å². The van der Waals surface area contributed by atoms with Crippen LogP contribution in [0.2, 0.25) is 0 Å². The van der Waals surface area contributed by atoms with Gasteiger partial charge in [-0.1, -0.05) is 6.07 Å². The van der Waals surface area contributed by atoms with Gasteiger partial charge in [0, 0.05) is 25.6 Å². The minimum atomic E-state index is -2.71. The number of halogens is 1. The third-order valence-corrected chi connectivity index (χ3v) is 10.5. The average molecular weight is 914 g/mol. The molecule has 2 saturated heterocycles. The molecule has 17 N–H and O–H groups in total. The van der Waals surface area contributed by atoms with E-state index in [0.29, 0.717) is 9.13 Å². The molecular weight excluding hydrogens is 859 g/mol. The van der Waals surface area contributed by atoms with Crippen molar-refractivity contribution < 1.29 is 106 Å². The molecule has 2 aliphatic rings. The third-order valence-electron chi connectivity index (χ3n) is 9.64. The van der Waals surface area contributed by atoms with E-state index in [0.717, 1.165) is 4.90 Å². The lowest BCUT2D eigenvalue weighted by atomic mass is 9.89. The normalized spacial score (nSPS) is 33.4. The lowest BCUT2D eigenvalue weighted by Crippen LogP contribution is -2.65. The highest BCUT2D eigenvalue weighted by molar-refractivity contribution is 14.1. The number of aliphatic hydroxyl groups is 16. The van der Waals surface area contributed by atoms with Crippen LogP contribution in [0.3, 0.4) is 0 Å². The van der Waals surface area contributed by atoms with Crippen LogP contribution in [0, 0.1) is 3.57 Å². The Balaban J connectivity index is 1.95. The number of phenolic OH excluding ortho intramolecular Hbond substituents is 1. The second kappa shape index (κ2) is 21.8. The molecule has 0 amide bonds. The number of hydrogen-bond acceptors (Lipinski definition) is 22. The minimum absolute atomic E-state index is 0.114. The number of nitrogens with zero attached hydrogens (tertiary/aromatic N) is 1. The van der Waals surface area contributed by atoms with Gasteiger partial charge in [-0.25, -0.2) is 0 Å². The molecule has 0 bridgehead atoms. The van der Waals surface area contributed by atoms with Crippen molar-refractivity contribution >= 4 is 22.6 Å². The highest BCUT2D eigenvalue weighted by atomic mass is 125. The zero-order valence-corrected chi connectivity index (χ0v) is 31.6. The van der Waals surface area contributed by atoms with E-state index in [2.05, 4.69) is 0 Å². The maximum Gasteiger partial charge on any atom is 0.187 e. The molecule has 320 valence electrons. The van der Waals surface area contributed by atoms with E-state index in [1.165, 1.54) is 18.2 Å². The number of aliphatic hydroxyl groups excluding tert-OH is 15. The Kier molecular flexibility index (Phi) is 19.1. The van der Waals surface area contributed by atoms with E-state index in [1.807, 2.05) is 22.6 Å². The quantitative estimate of drug-likeness (QED) is 0.0509. The highest BCUT2D eigenvalue weighted by Crippen LogP contribution is 2.31. The molecular formula is C32H54INO21. The fourth-order valence-electron chi connectivity index (χ4n) is 6.32. The molecule has 0 aromatic heterocycles. The second-order valence-corrected chi connectivity index (χ2v) is 14.9. The standard InChI is InChI=1S/C32H54INO21/c33-15-3-13(1-2-16(15)40)14(18(42)6-35)4-34(5-17(41)20(44)10-52-30-27(49)25(47)23(45)21(8-37)53-30)11-32(51,12-39)29(19(43)7-36)55-31-28(50)26(48)24(46)22(9-38)54-31/h1-3,14,17-31,35-51H,4-12H2/i33-2. The van der Waals surface area contributed by atoms with E-state index >= 15 is 0 Å². The number of ether oxygens (including phenoxy) is 4. The molecule has 23 heteroatoms. The molecule has 2 aliphatic heterocycles. The summed E-state index contributed by atoms with van der Waals surface area (Å²) in [5.74, 6) is -1.21. The van der Waals surface area contributed by atoms with Gasteiger partial charge in [0.05, 0.1) is 55.4 Å². The summed E-state index contributed by atoms with van der Waals surface area (Å²) in [6, 6.07) is 4.19. The van der Waals surface area contributed by atoms with Crippen LogP contribution in [-0.2, 0) is 18.9 Å². The largest absolute Gasteiger partial charge is 0.507 e. The molecule has 0 spiro atoms. The molecule has 22 nitrogen and oxygen atoms in total. The van der Waals surface area contributed by atoms with Crippen molar-refractivity contribution in [1.29, 1.82) is 0 Å². The Morgan fingerprint density at radius 2 is 1.25 bits per heavy atom. The molecule has 2 fully saturated rings. The van der Waals surface area contributed by atoms with Crippen LogP contribution in [-0.4, -0.2) is 249 Å². The highest BCUT2D eigenvalue weighted by Gasteiger charge is 2.50. The minimum Gasteiger partial charge on any atom is -0.507 e. The van der Waals surface area contributed by atoms with Crippen molar-refractivity contribution in [1.82, 2.24) is 4.90 Å². The molecule has 0 aliphatic carbocycles. The second-order valence-electron chi connectivity index (χ2n) is 13.7. The van der Waals surface area contributed by atoms with Gasteiger partial charge in [-0.15, -0.1) is 0 Å². The van der Waals surface area contributed by atoms with Crippen molar-refractivity contribution in [3.05, 3.63) is 27.3 Å². The Labute approximate surface area is 328 Å². The van der Waals surface area contributed by atoms with Crippen LogP contribution in [0.1, 0.15) is 11.5 Å². The van der Waals surface area contributed by atoms with Crippen molar-refractivity contribution in [3.8, 4) is 5.75 Å². The summed E-state index contributed by atoms with van der Waals surface area (Å²) < 4.78 is 21.8. The summed E-state index contributed by atoms with van der Waals surface area (Å²) >= 11 is 1.81. The Morgan fingerprint density at radius 1 is 0.709 bits per heavy atom.